The van der Waals surface area contributed by atoms with Crippen molar-refractivity contribution >= 4 is 0 Å². The van der Waals surface area contributed by atoms with Gasteiger partial charge in [-0.1, -0.05) is 0 Å². The number of halogens is 3. The predicted molar refractivity (Wildman–Crippen MR) is 60.3 cm³/mol. The van der Waals surface area contributed by atoms with Gasteiger partial charge in [0.05, 0.1) is 24.5 Å². The third-order valence-electron chi connectivity index (χ3n) is 3.79. The Morgan fingerprint density at radius 3 is 2.39 bits per heavy atom. The first-order valence-electron chi connectivity index (χ1n) is 6.07. The van der Waals surface area contributed by atoms with Crippen molar-refractivity contribution in [2.45, 2.75) is 37.9 Å². The van der Waals surface area contributed by atoms with Crippen LogP contribution in [0.3, 0.4) is 0 Å². The van der Waals surface area contributed by atoms with Gasteiger partial charge in [-0.2, -0.15) is 13.2 Å². The summed E-state index contributed by atoms with van der Waals surface area (Å²) in [6.45, 7) is 0. The lowest BCUT2D eigenvalue weighted by molar-refractivity contribution is -0.184. The van der Waals surface area contributed by atoms with E-state index in [-0.39, 0.29) is 24.8 Å². The van der Waals surface area contributed by atoms with Crippen LogP contribution in [0.1, 0.15) is 37.3 Å². The molecule has 0 bridgehead atoms. The van der Waals surface area contributed by atoms with Crippen molar-refractivity contribution in [3.8, 4) is 0 Å². The lowest BCUT2D eigenvalue weighted by atomic mass is 9.77. The number of rotatable bonds is 3. The van der Waals surface area contributed by atoms with Crippen LogP contribution in [0.4, 0.5) is 13.2 Å². The normalized spacial score (nSPS) is 27.1. The first-order valence-corrected chi connectivity index (χ1v) is 6.07. The van der Waals surface area contributed by atoms with Crippen LogP contribution >= 0.6 is 0 Å². The molecule has 0 aliphatic heterocycles. The van der Waals surface area contributed by atoms with Crippen LogP contribution in [0.15, 0.2) is 23.0 Å². The molecule has 1 fully saturated rings. The van der Waals surface area contributed by atoms with E-state index < -0.39 is 12.1 Å². The molecule has 6 heteroatoms. The molecule has 1 aliphatic carbocycles. The van der Waals surface area contributed by atoms with E-state index in [0.717, 1.165) is 5.56 Å². The summed E-state index contributed by atoms with van der Waals surface area (Å²) < 4.78 is 42.7. The summed E-state index contributed by atoms with van der Waals surface area (Å²) in [6, 6.07) is 1.67. The highest BCUT2D eigenvalue weighted by molar-refractivity contribution is 5.12. The Labute approximate surface area is 103 Å². The number of nitrogens with two attached hydrogens (primary N) is 1. The third-order valence-corrected chi connectivity index (χ3v) is 3.79. The Morgan fingerprint density at radius 2 is 1.94 bits per heavy atom. The molecular weight excluding hydrogens is 245 g/mol. The van der Waals surface area contributed by atoms with Gasteiger partial charge in [-0.25, -0.2) is 0 Å². The summed E-state index contributed by atoms with van der Waals surface area (Å²) in [6.07, 6.45) is 0.497. The average molecular weight is 262 g/mol. The topological polar surface area (TPSA) is 51.2 Å². The fraction of sp³-hybridized carbons (Fsp3) is 0.667. The molecule has 2 rings (SSSR count). The van der Waals surface area contributed by atoms with Gasteiger partial charge < -0.3 is 4.42 Å². The van der Waals surface area contributed by atoms with Crippen LogP contribution in [0.2, 0.25) is 0 Å². The number of hydrogen-bond acceptors (Lipinski definition) is 3. The van der Waals surface area contributed by atoms with E-state index in [1.807, 2.05) is 0 Å². The fourth-order valence-electron chi connectivity index (χ4n) is 2.74. The number of hydrogen-bond donors (Lipinski definition) is 2. The smallest absolute Gasteiger partial charge is 0.391 e. The molecule has 18 heavy (non-hydrogen) atoms. The lowest BCUT2D eigenvalue weighted by Gasteiger charge is -2.33. The number of alkyl halides is 3. The lowest BCUT2D eigenvalue weighted by Crippen LogP contribution is -2.37. The Morgan fingerprint density at radius 1 is 1.28 bits per heavy atom. The van der Waals surface area contributed by atoms with E-state index in [1.165, 1.54) is 0 Å². The Bertz CT molecular complexity index is 356. The molecule has 3 N–H and O–H groups in total. The van der Waals surface area contributed by atoms with E-state index >= 15 is 0 Å². The summed E-state index contributed by atoms with van der Waals surface area (Å²) >= 11 is 0. The summed E-state index contributed by atoms with van der Waals surface area (Å²) in [7, 11) is 0. The van der Waals surface area contributed by atoms with Crippen molar-refractivity contribution in [1.82, 2.24) is 5.43 Å². The zero-order valence-electron chi connectivity index (χ0n) is 9.91. The number of nitrogens with one attached hydrogen (secondary N) is 1. The molecule has 1 aliphatic rings. The predicted octanol–water partition coefficient (Wildman–Crippen LogP) is 3.15. The van der Waals surface area contributed by atoms with Gasteiger partial charge >= 0.3 is 6.18 Å². The van der Waals surface area contributed by atoms with Crippen LogP contribution < -0.4 is 11.3 Å². The zero-order chi connectivity index (χ0) is 13.2. The molecule has 1 aromatic rings. The van der Waals surface area contributed by atoms with Gasteiger partial charge in [-0.05, 0) is 37.7 Å². The van der Waals surface area contributed by atoms with Crippen molar-refractivity contribution in [3.63, 3.8) is 0 Å². The molecule has 1 unspecified atom stereocenters. The van der Waals surface area contributed by atoms with Crippen molar-refractivity contribution < 1.29 is 17.6 Å². The molecule has 1 aromatic heterocycles. The minimum Gasteiger partial charge on any atom is -0.472 e. The first-order chi connectivity index (χ1) is 8.52. The molecule has 0 amide bonds. The summed E-state index contributed by atoms with van der Waals surface area (Å²) in [5.74, 6) is 4.48. The Kier molecular flexibility index (Phi) is 3.97. The summed E-state index contributed by atoms with van der Waals surface area (Å²) in [5.41, 5.74) is 3.58. The molecule has 0 saturated heterocycles. The van der Waals surface area contributed by atoms with Crippen molar-refractivity contribution in [2.24, 2.45) is 17.7 Å². The van der Waals surface area contributed by atoms with Gasteiger partial charge in [0, 0.05) is 5.56 Å². The maximum atomic E-state index is 12.6. The van der Waals surface area contributed by atoms with Gasteiger partial charge in [0.25, 0.3) is 0 Å². The van der Waals surface area contributed by atoms with Crippen LogP contribution in [-0.2, 0) is 0 Å². The Balaban J connectivity index is 1.96. The standard InChI is InChI=1S/C12H17F3N2O/c13-12(14,15)10-3-1-8(2-4-10)11(17-16)9-5-6-18-7-9/h5-8,10-11,17H,1-4,16H2. The Hall–Kier alpha value is -1.01. The molecule has 1 atom stereocenters. The van der Waals surface area contributed by atoms with Gasteiger partial charge in [0.15, 0.2) is 0 Å². The van der Waals surface area contributed by atoms with Crippen LogP contribution in [-0.4, -0.2) is 6.18 Å². The van der Waals surface area contributed by atoms with Gasteiger partial charge in [0.2, 0.25) is 0 Å². The minimum absolute atomic E-state index is 0.127. The quantitative estimate of drug-likeness (QED) is 0.650. The van der Waals surface area contributed by atoms with Gasteiger partial charge in [0.1, 0.15) is 0 Å². The second kappa shape index (κ2) is 5.32. The summed E-state index contributed by atoms with van der Waals surface area (Å²) in [5, 5.41) is 0. The highest BCUT2D eigenvalue weighted by Crippen LogP contribution is 2.42. The summed E-state index contributed by atoms with van der Waals surface area (Å²) in [4.78, 5) is 0. The SMILES string of the molecule is NNC(c1ccoc1)C1CCC(C(F)(F)F)CC1. The molecule has 102 valence electrons. The average Bonchev–Trinajstić information content (AvgIpc) is 2.83. The molecule has 3 nitrogen and oxygen atoms in total. The van der Waals surface area contributed by atoms with Crippen LogP contribution in [0.5, 0.6) is 0 Å². The molecule has 0 spiro atoms. The van der Waals surface area contributed by atoms with Crippen LogP contribution in [0.25, 0.3) is 0 Å². The fourth-order valence-corrected chi connectivity index (χ4v) is 2.74. The molecule has 1 heterocycles. The second-order valence-corrected chi connectivity index (χ2v) is 4.85. The van der Waals surface area contributed by atoms with Crippen LogP contribution in [0, 0.1) is 11.8 Å². The maximum Gasteiger partial charge on any atom is 0.391 e. The largest absolute Gasteiger partial charge is 0.472 e. The number of hydrazine groups is 1. The van der Waals surface area contributed by atoms with Gasteiger partial charge in [-0.15, -0.1) is 0 Å². The van der Waals surface area contributed by atoms with E-state index in [0.29, 0.717) is 12.8 Å². The maximum absolute atomic E-state index is 12.6. The molecule has 1 saturated carbocycles. The molecule has 0 radical (unpaired) electrons. The van der Waals surface area contributed by atoms with Crippen molar-refractivity contribution in [1.29, 1.82) is 0 Å². The van der Waals surface area contributed by atoms with Gasteiger partial charge in [-0.3, -0.25) is 11.3 Å². The highest BCUT2D eigenvalue weighted by atomic mass is 19.4. The highest BCUT2D eigenvalue weighted by Gasteiger charge is 2.42. The monoisotopic (exact) mass is 262 g/mol. The van der Waals surface area contributed by atoms with E-state index in [9.17, 15) is 13.2 Å². The third kappa shape index (κ3) is 2.87. The first kappa shape index (κ1) is 13.4. The van der Waals surface area contributed by atoms with E-state index in [4.69, 9.17) is 10.3 Å². The minimum atomic E-state index is -4.06. The molecule has 0 aromatic carbocycles. The zero-order valence-corrected chi connectivity index (χ0v) is 9.91. The van der Waals surface area contributed by atoms with E-state index in [2.05, 4.69) is 5.43 Å². The van der Waals surface area contributed by atoms with E-state index in [1.54, 1.807) is 18.6 Å². The number of furan rings is 1. The molecular formula is C12H17F3N2O. The van der Waals surface area contributed by atoms with Crippen molar-refractivity contribution in [3.05, 3.63) is 24.2 Å². The second-order valence-electron chi connectivity index (χ2n) is 4.85. The van der Waals surface area contributed by atoms with Crippen molar-refractivity contribution in [2.75, 3.05) is 0 Å².